The first-order chi connectivity index (χ1) is 10.8. The normalized spacial score (nSPS) is 14.3. The zero-order valence-electron chi connectivity index (χ0n) is 14.3. The first-order valence-corrected chi connectivity index (χ1v) is 7.78. The van der Waals surface area contributed by atoms with Gasteiger partial charge in [-0.3, -0.25) is 9.67 Å². The average Bonchev–Trinajstić information content (AvgIpc) is 2.73. The van der Waals surface area contributed by atoms with E-state index in [0.29, 0.717) is 0 Å². The predicted octanol–water partition coefficient (Wildman–Crippen LogP) is 3.65. The van der Waals surface area contributed by atoms with Crippen LogP contribution in [0.1, 0.15) is 54.5 Å². The maximum Gasteiger partial charge on any atom is 0.280 e. The fourth-order valence-electron chi connectivity index (χ4n) is 2.80. The largest absolute Gasteiger partial charge is 0.307 e. The molecule has 1 N–H and O–H groups in total. The predicted molar refractivity (Wildman–Crippen MR) is 86.6 cm³/mol. The van der Waals surface area contributed by atoms with Crippen molar-refractivity contribution in [2.45, 2.75) is 52.6 Å². The Morgan fingerprint density at radius 3 is 2.39 bits per heavy atom. The van der Waals surface area contributed by atoms with Gasteiger partial charge in [0.15, 0.2) is 0 Å². The molecule has 0 radical (unpaired) electrons. The van der Waals surface area contributed by atoms with Gasteiger partial charge < -0.3 is 5.32 Å². The summed E-state index contributed by atoms with van der Waals surface area (Å²) in [6, 6.07) is 3.38. The molecule has 0 aliphatic carbocycles. The Morgan fingerprint density at radius 1 is 1.22 bits per heavy atom. The molecule has 0 bridgehead atoms. The van der Waals surface area contributed by atoms with E-state index in [0.717, 1.165) is 17.7 Å². The molecule has 0 amide bonds. The Kier molecular flexibility index (Phi) is 5.46. The van der Waals surface area contributed by atoms with Crippen LogP contribution in [-0.2, 0) is 13.5 Å². The van der Waals surface area contributed by atoms with E-state index in [9.17, 15) is 8.78 Å². The van der Waals surface area contributed by atoms with Crippen LogP contribution >= 0.6 is 0 Å². The van der Waals surface area contributed by atoms with Gasteiger partial charge in [0.05, 0.1) is 5.69 Å². The summed E-state index contributed by atoms with van der Waals surface area (Å²) in [5.41, 5.74) is 4.20. The molecule has 0 fully saturated rings. The van der Waals surface area contributed by atoms with Gasteiger partial charge in [-0.1, -0.05) is 6.07 Å². The molecule has 0 saturated heterocycles. The molecular weight excluding hydrogens is 298 g/mol. The number of halogens is 2. The van der Waals surface area contributed by atoms with Crippen molar-refractivity contribution in [1.82, 2.24) is 20.1 Å². The van der Waals surface area contributed by atoms with Gasteiger partial charge in [0, 0.05) is 31.0 Å². The molecule has 2 atom stereocenters. The number of pyridine rings is 1. The molecule has 4 nitrogen and oxygen atoms in total. The van der Waals surface area contributed by atoms with Crippen LogP contribution < -0.4 is 5.32 Å². The van der Waals surface area contributed by atoms with Crippen molar-refractivity contribution in [2.75, 3.05) is 0 Å². The lowest BCUT2D eigenvalue weighted by Crippen LogP contribution is -2.31. The van der Waals surface area contributed by atoms with E-state index in [1.54, 1.807) is 6.07 Å². The zero-order chi connectivity index (χ0) is 17.1. The van der Waals surface area contributed by atoms with Gasteiger partial charge in [0.1, 0.15) is 5.69 Å². The molecule has 0 spiro atoms. The molecule has 2 rings (SSSR count). The molecule has 2 aromatic rings. The lowest BCUT2D eigenvalue weighted by atomic mass is 10.0. The number of rotatable bonds is 6. The molecule has 0 aromatic carbocycles. The van der Waals surface area contributed by atoms with Crippen LogP contribution in [0, 0.1) is 13.8 Å². The molecule has 126 valence electrons. The summed E-state index contributed by atoms with van der Waals surface area (Å²) >= 11 is 0. The highest BCUT2D eigenvalue weighted by Gasteiger charge is 2.16. The third-order valence-electron chi connectivity index (χ3n) is 4.24. The van der Waals surface area contributed by atoms with Gasteiger partial charge in [-0.15, -0.1) is 0 Å². The van der Waals surface area contributed by atoms with Crippen molar-refractivity contribution < 1.29 is 8.78 Å². The molecule has 2 heterocycles. The summed E-state index contributed by atoms with van der Waals surface area (Å²) < 4.78 is 27.0. The number of hydrogen-bond acceptors (Lipinski definition) is 3. The minimum absolute atomic E-state index is 0.0431. The smallest absolute Gasteiger partial charge is 0.280 e. The number of aryl methyl sites for hydroxylation is 2. The Labute approximate surface area is 135 Å². The van der Waals surface area contributed by atoms with Crippen LogP contribution in [0.15, 0.2) is 18.3 Å². The van der Waals surface area contributed by atoms with Crippen LogP contribution in [0.4, 0.5) is 8.78 Å². The van der Waals surface area contributed by atoms with Crippen LogP contribution in [0.25, 0.3) is 0 Å². The number of alkyl halides is 2. The van der Waals surface area contributed by atoms with E-state index in [-0.39, 0.29) is 17.8 Å². The number of nitrogens with zero attached hydrogens (tertiary/aromatic N) is 3. The van der Waals surface area contributed by atoms with Crippen LogP contribution in [0.5, 0.6) is 0 Å². The van der Waals surface area contributed by atoms with Crippen LogP contribution in [0.2, 0.25) is 0 Å². The first kappa shape index (κ1) is 17.5. The third-order valence-corrected chi connectivity index (χ3v) is 4.24. The van der Waals surface area contributed by atoms with Crippen molar-refractivity contribution in [2.24, 2.45) is 7.05 Å². The summed E-state index contributed by atoms with van der Waals surface area (Å²) in [4.78, 5) is 3.82. The van der Waals surface area contributed by atoms with E-state index >= 15 is 0 Å². The Balaban J connectivity index is 2.00. The van der Waals surface area contributed by atoms with Gasteiger partial charge in [-0.2, -0.15) is 5.10 Å². The number of nitrogens with one attached hydrogen (secondary N) is 1. The molecule has 2 unspecified atom stereocenters. The summed E-state index contributed by atoms with van der Waals surface area (Å²) in [7, 11) is 1.95. The van der Waals surface area contributed by atoms with Gasteiger partial charge in [0.25, 0.3) is 6.43 Å². The molecular formula is C17H24F2N4. The second-order valence-corrected chi connectivity index (χ2v) is 6.08. The molecule has 0 aliphatic rings. The average molecular weight is 322 g/mol. The summed E-state index contributed by atoms with van der Waals surface area (Å²) in [5, 5.41) is 7.93. The maximum atomic E-state index is 12.5. The first-order valence-electron chi connectivity index (χ1n) is 7.78. The van der Waals surface area contributed by atoms with Crippen molar-refractivity contribution in [1.29, 1.82) is 0 Å². The van der Waals surface area contributed by atoms with Gasteiger partial charge in [-0.05, 0) is 51.3 Å². The minimum atomic E-state index is -2.53. The fourth-order valence-corrected chi connectivity index (χ4v) is 2.80. The lowest BCUT2D eigenvalue weighted by molar-refractivity contribution is 0.146. The monoisotopic (exact) mass is 322 g/mol. The summed E-state index contributed by atoms with van der Waals surface area (Å²) in [5.74, 6) is 0. The van der Waals surface area contributed by atoms with Gasteiger partial charge in [-0.25, -0.2) is 8.78 Å². The summed E-state index contributed by atoms with van der Waals surface area (Å²) in [6.07, 6.45) is -0.132. The number of hydrogen-bond donors (Lipinski definition) is 1. The molecule has 0 saturated carbocycles. The lowest BCUT2D eigenvalue weighted by Gasteiger charge is -2.20. The third kappa shape index (κ3) is 4.13. The molecule has 2 aromatic heterocycles. The molecule has 0 aliphatic heterocycles. The van der Waals surface area contributed by atoms with E-state index in [1.807, 2.05) is 25.6 Å². The Morgan fingerprint density at radius 2 is 1.91 bits per heavy atom. The van der Waals surface area contributed by atoms with Crippen molar-refractivity contribution in [3.63, 3.8) is 0 Å². The SMILES string of the molecule is Cc1nn(C)c(C)c1CC(C)NC(C)c1ccc(C(F)F)nc1. The Hall–Kier alpha value is -1.82. The Bertz CT molecular complexity index is 649. The highest BCUT2D eigenvalue weighted by molar-refractivity contribution is 5.25. The zero-order valence-corrected chi connectivity index (χ0v) is 14.3. The minimum Gasteiger partial charge on any atom is -0.307 e. The van der Waals surface area contributed by atoms with Crippen molar-refractivity contribution in [3.8, 4) is 0 Å². The van der Waals surface area contributed by atoms with E-state index in [1.165, 1.54) is 23.5 Å². The topological polar surface area (TPSA) is 42.7 Å². The quantitative estimate of drug-likeness (QED) is 0.883. The van der Waals surface area contributed by atoms with E-state index in [2.05, 4.69) is 29.2 Å². The fraction of sp³-hybridized carbons (Fsp3) is 0.529. The number of aromatic nitrogens is 3. The van der Waals surface area contributed by atoms with Crippen molar-refractivity contribution >= 4 is 0 Å². The van der Waals surface area contributed by atoms with Crippen LogP contribution in [-0.4, -0.2) is 20.8 Å². The highest BCUT2D eigenvalue weighted by Crippen LogP contribution is 2.20. The molecule has 23 heavy (non-hydrogen) atoms. The standard InChI is InChI=1S/C17H24F2N4/c1-10(8-15-12(3)22-23(5)13(15)4)21-11(2)14-6-7-16(17(18)19)20-9-14/h6-7,9-11,17,21H,8H2,1-5H3. The molecule has 6 heteroatoms. The van der Waals surface area contributed by atoms with Crippen LogP contribution in [0.3, 0.4) is 0 Å². The highest BCUT2D eigenvalue weighted by atomic mass is 19.3. The summed E-state index contributed by atoms with van der Waals surface area (Å²) in [6.45, 7) is 8.21. The van der Waals surface area contributed by atoms with Gasteiger partial charge >= 0.3 is 0 Å². The van der Waals surface area contributed by atoms with E-state index < -0.39 is 6.43 Å². The van der Waals surface area contributed by atoms with Gasteiger partial charge in [0.2, 0.25) is 0 Å². The second kappa shape index (κ2) is 7.17. The maximum absolute atomic E-state index is 12.5. The second-order valence-electron chi connectivity index (χ2n) is 6.08. The van der Waals surface area contributed by atoms with E-state index in [4.69, 9.17) is 0 Å². The van der Waals surface area contributed by atoms with Crippen molar-refractivity contribution in [3.05, 3.63) is 46.5 Å².